The number of hydrogen-bond acceptors (Lipinski definition) is 5. The Morgan fingerprint density at radius 2 is 1.58 bits per heavy atom. The number of fused-ring (bicyclic) bond motifs is 1. The van der Waals surface area contributed by atoms with E-state index in [0.717, 1.165) is 5.06 Å². The number of benzene rings is 1. The number of hydroxylamine groups is 2. The first-order chi connectivity index (χ1) is 12.2. The van der Waals surface area contributed by atoms with Gasteiger partial charge in [0.05, 0.1) is 16.8 Å². The maximum Gasteiger partial charge on any atom is 0.285 e. The van der Waals surface area contributed by atoms with Gasteiger partial charge in [0.1, 0.15) is 6.61 Å². The maximum atomic E-state index is 12.3. The Balaban J connectivity index is 1.77. The quantitative estimate of drug-likeness (QED) is 0.595. The first-order valence-electron chi connectivity index (χ1n) is 8.17. The summed E-state index contributed by atoms with van der Waals surface area (Å²) in [7, 11) is -0.159. The summed E-state index contributed by atoms with van der Waals surface area (Å²) < 4.78 is 7.46. The molecule has 0 radical (unpaired) electrons. The highest BCUT2D eigenvalue weighted by Crippen LogP contribution is 2.23. The molecule has 0 fully saturated rings. The molecule has 2 amide bonds. The zero-order valence-corrected chi connectivity index (χ0v) is 16.1. The lowest BCUT2D eigenvalue weighted by Crippen LogP contribution is -2.33. The summed E-state index contributed by atoms with van der Waals surface area (Å²) in [4.78, 5) is 42.2. The van der Waals surface area contributed by atoms with Gasteiger partial charge in [0.25, 0.3) is 11.8 Å². The van der Waals surface area contributed by atoms with E-state index in [1.807, 2.05) is 19.6 Å². The maximum absolute atomic E-state index is 12.3. The van der Waals surface area contributed by atoms with E-state index in [4.69, 9.17) is 9.26 Å². The monoisotopic (exact) mass is 372 g/mol. The molecule has 8 heteroatoms. The van der Waals surface area contributed by atoms with Crippen molar-refractivity contribution in [2.75, 3.05) is 0 Å². The van der Waals surface area contributed by atoms with Crippen LogP contribution in [0, 0.1) is 0 Å². The molecule has 136 valence electrons. The van der Waals surface area contributed by atoms with Crippen molar-refractivity contribution < 1.29 is 18.9 Å². The summed E-state index contributed by atoms with van der Waals surface area (Å²) in [5, 5.41) is 0.738. The van der Waals surface area contributed by atoms with Crippen molar-refractivity contribution in [3.05, 3.63) is 63.6 Å². The predicted octanol–water partition coefficient (Wildman–Crippen LogP) is 2.33. The summed E-state index contributed by atoms with van der Waals surface area (Å²) in [6, 6.07) is 7.94. The number of imide groups is 1. The van der Waals surface area contributed by atoms with Crippen molar-refractivity contribution in [3.63, 3.8) is 0 Å². The zero-order chi connectivity index (χ0) is 19.1. The number of rotatable bonds is 5. The second-order valence-electron chi connectivity index (χ2n) is 7.04. The fourth-order valence-electron chi connectivity index (χ4n) is 2.61. The van der Waals surface area contributed by atoms with Gasteiger partial charge in [-0.05, 0) is 31.8 Å². The Morgan fingerprint density at radius 1 is 1.00 bits per heavy atom. The summed E-state index contributed by atoms with van der Waals surface area (Å²) in [6.07, 6.45) is 1.60. The summed E-state index contributed by atoms with van der Waals surface area (Å²) in [5.41, 5.74) is 0.886. The van der Waals surface area contributed by atoms with Crippen LogP contribution in [0.15, 0.2) is 41.3 Å². The predicted molar refractivity (Wildman–Crippen MR) is 97.4 cm³/mol. The molecular weight excluding hydrogens is 352 g/mol. The van der Waals surface area contributed by atoms with Crippen LogP contribution in [0.2, 0.25) is 19.6 Å². The molecule has 0 atom stereocenters. The minimum absolute atomic E-state index is 0.0928. The fraction of sp³-hybridized carbons (Fsp3) is 0.278. The van der Waals surface area contributed by atoms with E-state index in [1.165, 1.54) is 6.07 Å². The van der Waals surface area contributed by atoms with Gasteiger partial charge >= 0.3 is 0 Å². The van der Waals surface area contributed by atoms with E-state index in [9.17, 15) is 14.4 Å². The van der Waals surface area contributed by atoms with Gasteiger partial charge in [0.2, 0.25) is 13.7 Å². The average molecular weight is 372 g/mol. The molecule has 0 saturated carbocycles. The van der Waals surface area contributed by atoms with Gasteiger partial charge in [-0.3, -0.25) is 19.2 Å². The highest BCUT2D eigenvalue weighted by Gasteiger charge is 2.36. The molecule has 2 heterocycles. The van der Waals surface area contributed by atoms with Crippen LogP contribution >= 0.6 is 0 Å². The minimum Gasteiger partial charge on any atom is -0.541 e. The number of pyridine rings is 1. The van der Waals surface area contributed by atoms with Crippen molar-refractivity contribution in [2.24, 2.45) is 7.05 Å². The van der Waals surface area contributed by atoms with Crippen molar-refractivity contribution in [2.45, 2.75) is 26.2 Å². The molecule has 3 rings (SSSR count). The normalized spacial score (nSPS) is 13.9. The van der Waals surface area contributed by atoms with Gasteiger partial charge < -0.3 is 8.99 Å². The topological polar surface area (TPSA) is 77.8 Å². The van der Waals surface area contributed by atoms with Crippen LogP contribution in [0.1, 0.15) is 26.4 Å². The van der Waals surface area contributed by atoms with E-state index < -0.39 is 20.1 Å². The molecule has 0 spiro atoms. The molecule has 7 nitrogen and oxygen atoms in total. The lowest BCUT2D eigenvalue weighted by Gasteiger charge is -2.20. The number of aromatic nitrogens is 1. The SMILES string of the molecule is Cn1cc(O[Si](C)(C)C)c(=O)cc1CON1C(=O)c2ccccc2C1=O. The number of hydrogen-bond donors (Lipinski definition) is 0. The third kappa shape index (κ3) is 3.46. The van der Waals surface area contributed by atoms with Gasteiger partial charge in [-0.25, -0.2) is 0 Å². The molecule has 1 aromatic carbocycles. The zero-order valence-electron chi connectivity index (χ0n) is 15.1. The van der Waals surface area contributed by atoms with Crippen LogP contribution in [0.3, 0.4) is 0 Å². The molecule has 2 aromatic rings. The van der Waals surface area contributed by atoms with Crippen LogP contribution in [0.4, 0.5) is 0 Å². The molecule has 1 aliphatic heterocycles. The largest absolute Gasteiger partial charge is 0.541 e. The molecular formula is C18H20N2O5Si. The second-order valence-corrected chi connectivity index (χ2v) is 11.5. The van der Waals surface area contributed by atoms with Crippen molar-refractivity contribution >= 4 is 20.1 Å². The lowest BCUT2D eigenvalue weighted by molar-refractivity contribution is -0.102. The molecule has 0 saturated heterocycles. The highest BCUT2D eigenvalue weighted by atomic mass is 28.4. The average Bonchev–Trinajstić information content (AvgIpc) is 2.80. The minimum atomic E-state index is -1.91. The standard InChI is InChI=1S/C18H20N2O5Si/c1-19-10-16(25-26(2,3)4)15(21)9-12(19)11-24-20-17(22)13-7-5-6-8-14(13)18(20)23/h5-10H,11H2,1-4H3. The van der Waals surface area contributed by atoms with Gasteiger partial charge in [-0.1, -0.05) is 12.1 Å². The first kappa shape index (κ1) is 18.1. The number of carbonyl (C=O) groups is 2. The van der Waals surface area contributed by atoms with Crippen molar-refractivity contribution in [3.8, 4) is 5.75 Å². The van der Waals surface area contributed by atoms with E-state index in [2.05, 4.69) is 0 Å². The molecule has 1 aliphatic rings. The Labute approximate surface area is 151 Å². The molecule has 0 unspecified atom stereocenters. The van der Waals surface area contributed by atoms with E-state index >= 15 is 0 Å². The lowest BCUT2D eigenvalue weighted by atomic mass is 10.1. The third-order valence-corrected chi connectivity index (χ3v) is 4.65. The summed E-state index contributed by atoms with van der Waals surface area (Å²) in [6.45, 7) is 5.88. The molecule has 26 heavy (non-hydrogen) atoms. The second kappa shape index (κ2) is 6.54. The Bertz CT molecular complexity index is 910. The van der Waals surface area contributed by atoms with E-state index in [0.29, 0.717) is 16.8 Å². The van der Waals surface area contributed by atoms with Crippen molar-refractivity contribution in [1.82, 2.24) is 9.63 Å². The fourth-order valence-corrected chi connectivity index (χ4v) is 3.42. The van der Waals surface area contributed by atoms with E-state index in [-0.39, 0.29) is 17.8 Å². The number of nitrogens with zero attached hydrogens (tertiary/aromatic N) is 2. The van der Waals surface area contributed by atoms with Crippen molar-refractivity contribution in [1.29, 1.82) is 0 Å². The number of aryl methyl sites for hydroxylation is 1. The summed E-state index contributed by atoms with van der Waals surface area (Å²) >= 11 is 0. The van der Waals surface area contributed by atoms with E-state index in [1.54, 1.807) is 42.1 Å². The Morgan fingerprint density at radius 3 is 2.12 bits per heavy atom. The molecule has 1 aromatic heterocycles. The molecule has 0 bridgehead atoms. The molecule has 0 aliphatic carbocycles. The number of carbonyl (C=O) groups excluding carboxylic acids is 2. The highest BCUT2D eigenvalue weighted by molar-refractivity contribution is 6.70. The number of amides is 2. The van der Waals surface area contributed by atoms with Crippen LogP contribution in [0.25, 0.3) is 0 Å². The first-order valence-corrected chi connectivity index (χ1v) is 11.6. The summed E-state index contributed by atoms with van der Waals surface area (Å²) in [5.74, 6) is -0.722. The van der Waals surface area contributed by atoms with Crippen LogP contribution in [-0.4, -0.2) is 29.8 Å². The van der Waals surface area contributed by atoms with Crippen LogP contribution in [-0.2, 0) is 18.5 Å². The smallest absolute Gasteiger partial charge is 0.285 e. The van der Waals surface area contributed by atoms with Crippen LogP contribution in [0.5, 0.6) is 5.75 Å². The van der Waals surface area contributed by atoms with Gasteiger partial charge in [0, 0.05) is 19.3 Å². The third-order valence-electron chi connectivity index (χ3n) is 3.82. The van der Waals surface area contributed by atoms with Gasteiger partial charge in [-0.15, -0.1) is 5.06 Å². The Hall–Kier alpha value is -2.71. The van der Waals surface area contributed by atoms with Crippen LogP contribution < -0.4 is 9.85 Å². The Kier molecular flexibility index (Phi) is 4.55. The molecule has 0 N–H and O–H groups in total. The van der Waals surface area contributed by atoms with Gasteiger partial charge in [0.15, 0.2) is 5.75 Å². The van der Waals surface area contributed by atoms with Gasteiger partial charge in [-0.2, -0.15) is 0 Å².